The van der Waals surface area contributed by atoms with Crippen molar-refractivity contribution in [2.45, 2.75) is 6.54 Å². The lowest BCUT2D eigenvalue weighted by atomic mass is 10.2. The highest BCUT2D eigenvalue weighted by Gasteiger charge is 2.12. The molecule has 0 aliphatic heterocycles. The van der Waals surface area contributed by atoms with Gasteiger partial charge >= 0.3 is 12.1 Å². The molecular formula is C19H19ClN6O3S. The zero-order valence-corrected chi connectivity index (χ0v) is 17.6. The first kappa shape index (κ1) is 21.5. The SMILES string of the molecule is CN(CCOC(=O)Nc1nnc(-c2ccncc2)s1)C(=O)NCc1ccccc1Cl. The third-order valence-electron chi connectivity index (χ3n) is 3.96. The van der Waals surface area contributed by atoms with Gasteiger partial charge in [0.2, 0.25) is 5.13 Å². The fraction of sp³-hybridized carbons (Fsp3) is 0.211. The fourth-order valence-corrected chi connectivity index (χ4v) is 3.27. The molecule has 0 saturated heterocycles. The largest absolute Gasteiger partial charge is 0.447 e. The number of pyridine rings is 1. The van der Waals surface area contributed by atoms with Crippen molar-refractivity contribution in [3.63, 3.8) is 0 Å². The van der Waals surface area contributed by atoms with Gasteiger partial charge in [0.25, 0.3) is 0 Å². The Balaban J connectivity index is 1.38. The van der Waals surface area contributed by atoms with Crippen LogP contribution >= 0.6 is 22.9 Å². The number of urea groups is 1. The number of carbonyl (C=O) groups excluding carboxylic acids is 2. The van der Waals surface area contributed by atoms with E-state index in [-0.39, 0.29) is 19.2 Å². The lowest BCUT2D eigenvalue weighted by Crippen LogP contribution is -2.39. The van der Waals surface area contributed by atoms with Gasteiger partial charge in [-0.3, -0.25) is 10.3 Å². The molecule has 3 rings (SSSR count). The maximum Gasteiger partial charge on any atom is 0.413 e. The molecule has 9 nitrogen and oxygen atoms in total. The maximum atomic E-state index is 12.1. The lowest BCUT2D eigenvalue weighted by molar-refractivity contribution is 0.146. The third kappa shape index (κ3) is 6.13. The van der Waals surface area contributed by atoms with Crippen LogP contribution in [0.15, 0.2) is 48.8 Å². The van der Waals surface area contributed by atoms with Crippen molar-refractivity contribution in [2.24, 2.45) is 0 Å². The molecule has 0 atom stereocenters. The van der Waals surface area contributed by atoms with Crippen LogP contribution in [0.2, 0.25) is 5.02 Å². The Labute approximate surface area is 182 Å². The number of amides is 3. The number of nitrogens with one attached hydrogen (secondary N) is 2. The summed E-state index contributed by atoms with van der Waals surface area (Å²) in [6.45, 7) is 0.555. The van der Waals surface area contributed by atoms with Crippen molar-refractivity contribution in [3.05, 3.63) is 59.4 Å². The summed E-state index contributed by atoms with van der Waals surface area (Å²) >= 11 is 7.29. The van der Waals surface area contributed by atoms with Crippen LogP contribution in [0.3, 0.4) is 0 Å². The summed E-state index contributed by atoms with van der Waals surface area (Å²) < 4.78 is 5.10. The predicted molar refractivity (Wildman–Crippen MR) is 114 cm³/mol. The molecule has 156 valence electrons. The second-order valence-electron chi connectivity index (χ2n) is 6.08. The topological polar surface area (TPSA) is 109 Å². The predicted octanol–water partition coefficient (Wildman–Crippen LogP) is 3.64. The first-order valence-corrected chi connectivity index (χ1v) is 10.1. The zero-order chi connectivity index (χ0) is 21.3. The van der Waals surface area contributed by atoms with Crippen LogP contribution in [0.4, 0.5) is 14.7 Å². The minimum absolute atomic E-state index is 0.0257. The smallest absolute Gasteiger partial charge is 0.413 e. The number of hydrogen-bond donors (Lipinski definition) is 2. The summed E-state index contributed by atoms with van der Waals surface area (Å²) in [4.78, 5) is 29.4. The van der Waals surface area contributed by atoms with Gasteiger partial charge in [0.1, 0.15) is 11.6 Å². The Morgan fingerprint density at radius 1 is 1.17 bits per heavy atom. The molecule has 1 aromatic carbocycles. The maximum absolute atomic E-state index is 12.1. The molecule has 0 aliphatic carbocycles. The van der Waals surface area contributed by atoms with Gasteiger partial charge in [0.15, 0.2) is 0 Å². The van der Waals surface area contributed by atoms with E-state index >= 15 is 0 Å². The Morgan fingerprint density at radius 3 is 2.70 bits per heavy atom. The fourth-order valence-electron chi connectivity index (χ4n) is 2.33. The van der Waals surface area contributed by atoms with Crippen molar-refractivity contribution in [2.75, 3.05) is 25.5 Å². The van der Waals surface area contributed by atoms with Gasteiger partial charge in [-0.15, -0.1) is 10.2 Å². The van der Waals surface area contributed by atoms with Gasteiger partial charge in [0, 0.05) is 36.6 Å². The average molecular weight is 447 g/mol. The molecule has 30 heavy (non-hydrogen) atoms. The van der Waals surface area contributed by atoms with Crippen LogP contribution in [-0.4, -0.2) is 52.4 Å². The molecule has 0 radical (unpaired) electrons. The van der Waals surface area contributed by atoms with Crippen molar-refractivity contribution in [1.82, 2.24) is 25.4 Å². The standard InChI is InChI=1S/C19H19ClN6O3S/c1-26(18(27)22-12-14-4-2-3-5-15(14)20)10-11-29-19(28)23-17-25-24-16(30-17)13-6-8-21-9-7-13/h2-9H,10-12H2,1H3,(H,22,27)(H,23,25,28). The van der Waals surface area contributed by atoms with Gasteiger partial charge in [-0.25, -0.2) is 9.59 Å². The van der Waals surface area contributed by atoms with E-state index in [9.17, 15) is 9.59 Å². The van der Waals surface area contributed by atoms with E-state index in [1.165, 1.54) is 16.2 Å². The average Bonchev–Trinajstić information content (AvgIpc) is 3.22. The van der Waals surface area contributed by atoms with Gasteiger partial charge < -0.3 is 15.0 Å². The van der Waals surface area contributed by atoms with E-state index in [2.05, 4.69) is 25.8 Å². The molecule has 3 amide bonds. The first-order chi connectivity index (χ1) is 14.5. The van der Waals surface area contributed by atoms with Crippen molar-refractivity contribution in [1.29, 1.82) is 0 Å². The number of benzene rings is 1. The first-order valence-electron chi connectivity index (χ1n) is 8.93. The highest BCUT2D eigenvalue weighted by atomic mass is 35.5. The lowest BCUT2D eigenvalue weighted by Gasteiger charge is -2.18. The third-order valence-corrected chi connectivity index (χ3v) is 5.21. The van der Waals surface area contributed by atoms with Crippen LogP contribution in [0, 0.1) is 0 Å². The normalized spacial score (nSPS) is 10.3. The summed E-state index contributed by atoms with van der Waals surface area (Å²) in [5, 5.41) is 14.8. The van der Waals surface area contributed by atoms with E-state index < -0.39 is 6.09 Å². The minimum Gasteiger partial charge on any atom is -0.447 e. The van der Waals surface area contributed by atoms with E-state index in [0.29, 0.717) is 21.7 Å². The summed E-state index contributed by atoms with van der Waals surface area (Å²) in [5.74, 6) is 0. The number of likely N-dealkylation sites (N-methyl/N-ethyl adjacent to an activating group) is 1. The van der Waals surface area contributed by atoms with Crippen molar-refractivity contribution >= 4 is 40.2 Å². The van der Waals surface area contributed by atoms with Gasteiger partial charge in [-0.2, -0.15) is 0 Å². The molecule has 0 aliphatic rings. The molecule has 2 N–H and O–H groups in total. The van der Waals surface area contributed by atoms with Crippen LogP contribution < -0.4 is 10.6 Å². The summed E-state index contributed by atoms with van der Waals surface area (Å²) in [5.41, 5.74) is 1.67. The number of anilines is 1. The summed E-state index contributed by atoms with van der Waals surface area (Å²) in [7, 11) is 1.61. The van der Waals surface area contributed by atoms with Gasteiger partial charge in [-0.05, 0) is 23.8 Å². The molecule has 0 fully saturated rings. The molecule has 2 aromatic heterocycles. The summed E-state index contributed by atoms with van der Waals surface area (Å²) in [6, 6.07) is 10.6. The highest BCUT2D eigenvalue weighted by molar-refractivity contribution is 7.18. The quantitative estimate of drug-likeness (QED) is 0.573. The Kier molecular flexibility index (Phi) is 7.52. The van der Waals surface area contributed by atoms with Crippen LogP contribution in [-0.2, 0) is 11.3 Å². The number of nitrogens with zero attached hydrogens (tertiary/aromatic N) is 4. The second kappa shape index (κ2) is 10.5. The molecule has 0 spiro atoms. The number of halogens is 1. The Bertz CT molecular complexity index is 1000. The zero-order valence-electron chi connectivity index (χ0n) is 16.0. The van der Waals surface area contributed by atoms with Gasteiger partial charge in [-0.1, -0.05) is 41.1 Å². The van der Waals surface area contributed by atoms with Crippen LogP contribution in [0.25, 0.3) is 10.6 Å². The molecule has 2 heterocycles. The number of ether oxygens (including phenoxy) is 1. The van der Waals surface area contributed by atoms with Crippen molar-refractivity contribution < 1.29 is 14.3 Å². The Morgan fingerprint density at radius 2 is 1.93 bits per heavy atom. The van der Waals surface area contributed by atoms with Gasteiger partial charge in [0.05, 0.1) is 6.54 Å². The van der Waals surface area contributed by atoms with Crippen molar-refractivity contribution in [3.8, 4) is 10.6 Å². The molecule has 0 unspecified atom stereocenters. The van der Waals surface area contributed by atoms with E-state index in [0.717, 1.165) is 11.1 Å². The number of hydrogen-bond acceptors (Lipinski definition) is 7. The number of carbonyl (C=O) groups is 2. The summed E-state index contributed by atoms with van der Waals surface area (Å²) in [6.07, 6.45) is 2.63. The monoisotopic (exact) mass is 446 g/mol. The molecular weight excluding hydrogens is 428 g/mol. The van der Waals surface area contributed by atoms with Crippen LogP contribution in [0.5, 0.6) is 0 Å². The molecule has 11 heteroatoms. The van der Waals surface area contributed by atoms with E-state index in [1.807, 2.05) is 18.2 Å². The van der Waals surface area contributed by atoms with Crippen LogP contribution in [0.1, 0.15) is 5.56 Å². The number of rotatable bonds is 7. The molecule has 0 saturated carbocycles. The second-order valence-corrected chi connectivity index (χ2v) is 7.47. The Hall–Kier alpha value is -3.24. The minimum atomic E-state index is -0.669. The molecule has 0 bridgehead atoms. The number of aromatic nitrogens is 3. The highest BCUT2D eigenvalue weighted by Crippen LogP contribution is 2.25. The molecule has 3 aromatic rings. The van der Waals surface area contributed by atoms with E-state index in [4.69, 9.17) is 16.3 Å². The van der Waals surface area contributed by atoms with E-state index in [1.54, 1.807) is 37.6 Å².